The number of rotatable bonds is 8. The predicted molar refractivity (Wildman–Crippen MR) is 149 cm³/mol. The molecule has 0 radical (unpaired) electrons. The second kappa shape index (κ2) is 12.8. The molecule has 3 heterocycles. The SMILES string of the molecule is Cc1nc(C2OC(CO)C(O)C(n3cc(-c4cc(F)c(F)c(F)c4)nn3)C2OC/C=C/Br)n(-c2cc(Cl)ccc2Cl)n1. The molecule has 1 aliphatic heterocycles. The molecule has 2 aromatic heterocycles. The fourth-order valence-electron chi connectivity index (χ4n) is 4.69. The van der Waals surface area contributed by atoms with Crippen LogP contribution < -0.4 is 0 Å². The van der Waals surface area contributed by atoms with Gasteiger partial charge >= 0.3 is 0 Å². The minimum atomic E-state index is -1.62. The monoisotopic (exact) mass is 688 g/mol. The highest BCUT2D eigenvalue weighted by molar-refractivity contribution is 9.11. The van der Waals surface area contributed by atoms with Crippen molar-refractivity contribution in [2.24, 2.45) is 0 Å². The standard InChI is InChI=1S/C26H22BrCl2F3N6O4/c1-12-33-26(38(35-12)19-9-14(28)3-4-15(19)29)25-24(41-6-2-5-27)22(23(40)20(11-39)42-25)37-10-18(34-36-37)13-7-16(30)21(32)17(31)8-13/h2-5,7-10,20,22-25,39-40H,6,11H2,1H3/b5-2+. The Bertz CT molecular complexity index is 1600. The van der Waals surface area contributed by atoms with Gasteiger partial charge in [-0.1, -0.05) is 50.4 Å². The molecule has 2 aromatic carbocycles. The summed E-state index contributed by atoms with van der Waals surface area (Å²) in [6.07, 6.45) is -1.68. The molecular formula is C26H22BrCl2F3N6O4. The quantitative estimate of drug-likeness (QED) is 0.251. The topological polar surface area (TPSA) is 120 Å². The van der Waals surface area contributed by atoms with E-state index in [1.165, 1.54) is 15.6 Å². The van der Waals surface area contributed by atoms with Gasteiger partial charge in [0, 0.05) is 10.6 Å². The van der Waals surface area contributed by atoms with Crippen LogP contribution in [0, 0.1) is 24.4 Å². The van der Waals surface area contributed by atoms with Crippen molar-refractivity contribution < 1.29 is 32.9 Å². The molecule has 5 atom stereocenters. The first kappa shape index (κ1) is 30.6. The van der Waals surface area contributed by atoms with Gasteiger partial charge in [0.25, 0.3) is 0 Å². The minimum Gasteiger partial charge on any atom is -0.394 e. The molecule has 0 bridgehead atoms. The number of aryl methyl sites for hydroxylation is 1. The number of ether oxygens (including phenoxy) is 2. The van der Waals surface area contributed by atoms with Gasteiger partial charge in [-0.15, -0.1) is 5.10 Å². The van der Waals surface area contributed by atoms with E-state index < -0.39 is 54.5 Å². The van der Waals surface area contributed by atoms with Crippen molar-refractivity contribution in [3.8, 4) is 16.9 Å². The summed E-state index contributed by atoms with van der Waals surface area (Å²) in [5, 5.41) is 34.7. The third kappa shape index (κ3) is 5.97. The van der Waals surface area contributed by atoms with Gasteiger partial charge in [0.1, 0.15) is 42.0 Å². The van der Waals surface area contributed by atoms with Crippen molar-refractivity contribution in [2.75, 3.05) is 13.2 Å². The average Bonchev–Trinajstić information content (AvgIpc) is 3.60. The second-order valence-electron chi connectivity index (χ2n) is 9.28. The van der Waals surface area contributed by atoms with E-state index in [1.807, 2.05) is 0 Å². The maximum atomic E-state index is 13.9. The number of aromatic nitrogens is 6. The molecule has 4 aromatic rings. The Morgan fingerprint density at radius 2 is 1.90 bits per heavy atom. The maximum Gasteiger partial charge on any atom is 0.194 e. The molecular weight excluding hydrogens is 668 g/mol. The fourth-order valence-corrected chi connectivity index (χ4v) is 5.21. The van der Waals surface area contributed by atoms with Gasteiger partial charge in [-0.3, -0.25) is 0 Å². The molecule has 1 aliphatic rings. The fraction of sp³-hybridized carbons (Fsp3) is 0.308. The summed E-state index contributed by atoms with van der Waals surface area (Å²) in [7, 11) is 0. The van der Waals surface area contributed by atoms with Crippen LogP contribution in [0.5, 0.6) is 0 Å². The highest BCUT2D eigenvalue weighted by atomic mass is 79.9. The van der Waals surface area contributed by atoms with Crippen molar-refractivity contribution >= 4 is 39.1 Å². The Morgan fingerprint density at radius 3 is 2.60 bits per heavy atom. The van der Waals surface area contributed by atoms with Crippen LogP contribution in [-0.2, 0) is 9.47 Å². The minimum absolute atomic E-state index is 0.00702. The maximum absolute atomic E-state index is 13.9. The molecule has 1 saturated heterocycles. The van der Waals surface area contributed by atoms with Crippen LogP contribution in [0.1, 0.15) is 23.8 Å². The van der Waals surface area contributed by atoms with E-state index in [9.17, 15) is 23.4 Å². The van der Waals surface area contributed by atoms with Crippen LogP contribution in [0.4, 0.5) is 13.2 Å². The van der Waals surface area contributed by atoms with E-state index in [4.69, 9.17) is 32.7 Å². The van der Waals surface area contributed by atoms with Crippen LogP contribution in [0.2, 0.25) is 10.0 Å². The lowest BCUT2D eigenvalue weighted by atomic mass is 9.91. The first-order valence-corrected chi connectivity index (χ1v) is 14.1. The van der Waals surface area contributed by atoms with Gasteiger partial charge in [-0.2, -0.15) is 5.10 Å². The lowest BCUT2D eigenvalue weighted by Crippen LogP contribution is -2.54. The number of benzene rings is 2. The lowest BCUT2D eigenvalue weighted by molar-refractivity contribution is -0.221. The molecule has 5 rings (SSSR count). The van der Waals surface area contributed by atoms with Crippen molar-refractivity contribution in [3.63, 3.8) is 0 Å². The van der Waals surface area contributed by atoms with Crippen LogP contribution >= 0.6 is 39.1 Å². The van der Waals surface area contributed by atoms with Gasteiger partial charge in [0.15, 0.2) is 23.3 Å². The molecule has 0 spiro atoms. The van der Waals surface area contributed by atoms with Crippen molar-refractivity contribution in [2.45, 2.75) is 37.4 Å². The van der Waals surface area contributed by atoms with Crippen molar-refractivity contribution in [1.82, 2.24) is 29.8 Å². The van der Waals surface area contributed by atoms with Gasteiger partial charge in [0.2, 0.25) is 0 Å². The predicted octanol–water partition coefficient (Wildman–Crippen LogP) is 4.89. The van der Waals surface area contributed by atoms with E-state index >= 15 is 0 Å². The third-order valence-corrected chi connectivity index (χ3v) is 7.49. The lowest BCUT2D eigenvalue weighted by Gasteiger charge is -2.43. The summed E-state index contributed by atoms with van der Waals surface area (Å²) in [6.45, 7) is 1.11. The Balaban J connectivity index is 1.62. The van der Waals surface area contributed by atoms with Gasteiger partial charge in [-0.05, 0) is 42.2 Å². The molecule has 2 N–H and O–H groups in total. The summed E-state index contributed by atoms with van der Waals surface area (Å²) in [4.78, 5) is 6.13. The highest BCUT2D eigenvalue weighted by Gasteiger charge is 2.50. The zero-order valence-electron chi connectivity index (χ0n) is 21.6. The zero-order valence-corrected chi connectivity index (χ0v) is 24.7. The number of hydrogen-bond acceptors (Lipinski definition) is 8. The molecule has 0 amide bonds. The van der Waals surface area contributed by atoms with E-state index in [0.29, 0.717) is 21.6 Å². The average molecular weight is 690 g/mol. The summed E-state index contributed by atoms with van der Waals surface area (Å²) >= 11 is 15.9. The molecule has 0 aliphatic carbocycles. The van der Waals surface area contributed by atoms with E-state index in [1.54, 1.807) is 36.2 Å². The van der Waals surface area contributed by atoms with Crippen LogP contribution in [0.25, 0.3) is 16.9 Å². The van der Waals surface area contributed by atoms with Gasteiger partial charge in [0.05, 0.1) is 30.1 Å². The van der Waals surface area contributed by atoms with Gasteiger partial charge in [-0.25, -0.2) is 27.5 Å². The summed E-state index contributed by atoms with van der Waals surface area (Å²) < 4.78 is 56.4. The molecule has 16 heteroatoms. The van der Waals surface area contributed by atoms with E-state index in [0.717, 1.165) is 12.1 Å². The van der Waals surface area contributed by atoms with Crippen molar-refractivity contribution in [3.05, 3.63) is 86.7 Å². The number of nitrogens with zero attached hydrogens (tertiary/aromatic N) is 6. The van der Waals surface area contributed by atoms with Crippen LogP contribution in [0.15, 0.2) is 47.6 Å². The van der Waals surface area contributed by atoms with E-state index in [-0.39, 0.29) is 23.7 Å². The van der Waals surface area contributed by atoms with Crippen molar-refractivity contribution in [1.29, 1.82) is 0 Å². The molecule has 222 valence electrons. The number of aliphatic hydroxyl groups is 2. The normalized spacial score (nSPS) is 22.7. The zero-order chi connectivity index (χ0) is 30.1. The Kier molecular flexibility index (Phi) is 9.32. The molecule has 42 heavy (non-hydrogen) atoms. The largest absolute Gasteiger partial charge is 0.394 e. The Hall–Kier alpha value is -2.85. The van der Waals surface area contributed by atoms with Crippen LogP contribution in [0.3, 0.4) is 0 Å². The third-order valence-electron chi connectivity index (χ3n) is 6.57. The van der Waals surface area contributed by atoms with Gasteiger partial charge < -0.3 is 19.7 Å². The molecule has 1 fully saturated rings. The number of hydrogen-bond donors (Lipinski definition) is 2. The summed E-state index contributed by atoms with van der Waals surface area (Å²) in [5.41, 5.74) is 0.307. The first-order chi connectivity index (χ1) is 20.1. The number of aliphatic hydroxyl groups excluding tert-OH is 2. The highest BCUT2D eigenvalue weighted by Crippen LogP contribution is 2.41. The molecule has 10 nitrogen and oxygen atoms in total. The first-order valence-electron chi connectivity index (χ1n) is 12.4. The number of halogens is 6. The summed E-state index contributed by atoms with van der Waals surface area (Å²) in [6, 6.07) is 5.29. The molecule has 0 saturated carbocycles. The van der Waals surface area contributed by atoms with Crippen LogP contribution in [-0.4, -0.2) is 71.5 Å². The van der Waals surface area contributed by atoms with E-state index in [2.05, 4.69) is 36.3 Å². The Morgan fingerprint density at radius 1 is 1.17 bits per heavy atom. The molecule has 5 unspecified atom stereocenters. The second-order valence-corrected chi connectivity index (χ2v) is 10.7. The Labute approximate surface area is 255 Å². The smallest absolute Gasteiger partial charge is 0.194 e. The summed E-state index contributed by atoms with van der Waals surface area (Å²) in [5.74, 6) is -3.84.